The summed E-state index contributed by atoms with van der Waals surface area (Å²) in [5.74, 6) is -0.506. The number of hydrogen-bond acceptors (Lipinski definition) is 4. The van der Waals surface area contributed by atoms with Crippen molar-refractivity contribution in [3.8, 4) is 0 Å². The first-order valence-electron chi connectivity index (χ1n) is 9.39. The topological polar surface area (TPSA) is 78.0 Å². The van der Waals surface area contributed by atoms with Gasteiger partial charge >= 0.3 is 0 Å². The van der Waals surface area contributed by atoms with E-state index in [1.54, 1.807) is 23.1 Å². The third-order valence-corrected chi connectivity index (χ3v) is 7.15. The van der Waals surface area contributed by atoms with E-state index in [2.05, 4.69) is 0 Å². The summed E-state index contributed by atoms with van der Waals surface area (Å²) in [5.41, 5.74) is 0.290. The smallest absolute Gasteiger partial charge is 0.245 e. The van der Waals surface area contributed by atoms with E-state index < -0.39 is 16.1 Å². The maximum atomic E-state index is 13.2. The van der Waals surface area contributed by atoms with Crippen LogP contribution in [0.2, 0.25) is 0 Å². The number of nitrogens with zero attached hydrogens (tertiary/aromatic N) is 3. The fourth-order valence-corrected chi connectivity index (χ4v) is 6.00. The van der Waals surface area contributed by atoms with Crippen LogP contribution in [0, 0.1) is 0 Å². The van der Waals surface area contributed by atoms with Crippen molar-refractivity contribution in [3.63, 3.8) is 0 Å². The van der Waals surface area contributed by atoms with Crippen LogP contribution in [0.15, 0.2) is 29.2 Å². The molecule has 1 fully saturated rings. The van der Waals surface area contributed by atoms with Gasteiger partial charge in [0, 0.05) is 18.6 Å². The van der Waals surface area contributed by atoms with Crippen molar-refractivity contribution in [3.05, 3.63) is 24.3 Å². The van der Waals surface area contributed by atoms with Crippen molar-refractivity contribution in [1.29, 1.82) is 0 Å². The van der Waals surface area contributed by atoms with Gasteiger partial charge in [0.15, 0.2) is 0 Å². The number of rotatable bonds is 4. The fraction of sp³-hybridized carbons (Fsp3) is 0.579. The number of anilines is 1. The minimum atomic E-state index is -3.76. The summed E-state index contributed by atoms with van der Waals surface area (Å²) < 4.78 is 27.5. The van der Waals surface area contributed by atoms with E-state index in [0.717, 1.165) is 0 Å². The molecule has 0 spiro atoms. The number of sulfonamides is 1. The molecule has 3 rings (SSSR count). The highest BCUT2D eigenvalue weighted by atomic mass is 32.2. The molecule has 1 aromatic carbocycles. The number of amides is 2. The van der Waals surface area contributed by atoms with E-state index in [9.17, 15) is 18.0 Å². The Morgan fingerprint density at radius 1 is 1.19 bits per heavy atom. The average molecular weight is 394 g/mol. The van der Waals surface area contributed by atoms with Gasteiger partial charge in [0.1, 0.15) is 17.5 Å². The largest absolute Gasteiger partial charge is 0.336 e. The molecule has 1 saturated heterocycles. The standard InChI is InChI=1S/C19H27N3O4S/c1-13(2)22(14(3)4)18(23)12-20-15-8-5-6-10-17(15)27(25,26)21-11-7-9-16(21)19(20)24/h5-6,8,10,13-14,16H,7,9,11-12H2,1-4H3. The van der Waals surface area contributed by atoms with Crippen LogP contribution in [-0.4, -0.2) is 60.7 Å². The van der Waals surface area contributed by atoms with E-state index in [1.807, 2.05) is 27.7 Å². The molecular weight excluding hydrogens is 366 g/mol. The molecule has 1 atom stereocenters. The van der Waals surface area contributed by atoms with E-state index in [0.29, 0.717) is 19.4 Å². The van der Waals surface area contributed by atoms with Crippen LogP contribution < -0.4 is 4.90 Å². The molecular formula is C19H27N3O4S. The van der Waals surface area contributed by atoms with E-state index in [-0.39, 0.29) is 41.0 Å². The molecule has 2 aliphatic rings. The highest BCUT2D eigenvalue weighted by molar-refractivity contribution is 7.89. The number of benzene rings is 1. The molecule has 8 heteroatoms. The van der Waals surface area contributed by atoms with Gasteiger partial charge in [0.05, 0.1) is 5.69 Å². The molecule has 27 heavy (non-hydrogen) atoms. The lowest BCUT2D eigenvalue weighted by atomic mass is 10.1. The van der Waals surface area contributed by atoms with Crippen molar-refractivity contribution in [2.45, 2.75) is 63.6 Å². The van der Waals surface area contributed by atoms with Crippen molar-refractivity contribution in [2.75, 3.05) is 18.0 Å². The number of carbonyl (C=O) groups is 2. The van der Waals surface area contributed by atoms with E-state index >= 15 is 0 Å². The Morgan fingerprint density at radius 3 is 2.44 bits per heavy atom. The highest BCUT2D eigenvalue weighted by Gasteiger charge is 2.46. The second-order valence-corrected chi connectivity index (χ2v) is 9.51. The Bertz CT molecular complexity index is 842. The lowest BCUT2D eigenvalue weighted by Gasteiger charge is -2.33. The molecule has 0 N–H and O–H groups in total. The lowest BCUT2D eigenvalue weighted by Crippen LogP contribution is -2.51. The molecule has 0 radical (unpaired) electrons. The van der Waals surface area contributed by atoms with Gasteiger partial charge < -0.3 is 9.80 Å². The number of carbonyl (C=O) groups excluding carboxylic acids is 2. The molecule has 148 valence electrons. The predicted octanol–water partition coefficient (Wildman–Crippen LogP) is 1.83. The van der Waals surface area contributed by atoms with Crippen molar-refractivity contribution in [1.82, 2.24) is 9.21 Å². The van der Waals surface area contributed by atoms with Crippen LogP contribution in [0.3, 0.4) is 0 Å². The van der Waals surface area contributed by atoms with E-state index in [4.69, 9.17) is 0 Å². The van der Waals surface area contributed by atoms with Crippen LogP contribution in [0.25, 0.3) is 0 Å². The molecule has 0 saturated carbocycles. The summed E-state index contributed by atoms with van der Waals surface area (Å²) in [7, 11) is -3.76. The normalized spacial score (nSPS) is 21.9. The summed E-state index contributed by atoms with van der Waals surface area (Å²) in [6.07, 6.45) is 1.12. The monoisotopic (exact) mass is 393 g/mol. The van der Waals surface area contributed by atoms with Gasteiger partial charge in [0.2, 0.25) is 21.8 Å². The first-order chi connectivity index (χ1) is 12.7. The van der Waals surface area contributed by atoms with Gasteiger partial charge in [-0.25, -0.2) is 8.42 Å². The average Bonchev–Trinajstić information content (AvgIpc) is 3.07. The van der Waals surface area contributed by atoms with Crippen molar-refractivity contribution >= 4 is 27.5 Å². The van der Waals surface area contributed by atoms with Gasteiger partial charge in [0.25, 0.3) is 0 Å². The third-order valence-electron chi connectivity index (χ3n) is 5.19. The fourth-order valence-electron chi connectivity index (χ4n) is 4.15. The maximum absolute atomic E-state index is 13.2. The molecule has 1 aromatic rings. The second-order valence-electron chi connectivity index (χ2n) is 7.65. The van der Waals surface area contributed by atoms with Crippen LogP contribution in [0.1, 0.15) is 40.5 Å². The highest BCUT2D eigenvalue weighted by Crippen LogP contribution is 2.37. The summed E-state index contributed by atoms with van der Waals surface area (Å²) in [6.45, 7) is 7.89. The number of fused-ring (bicyclic) bond motifs is 2. The van der Waals surface area contributed by atoms with Gasteiger partial charge in [-0.05, 0) is 52.7 Å². The molecule has 2 amide bonds. The zero-order chi connectivity index (χ0) is 19.9. The van der Waals surface area contributed by atoms with Gasteiger partial charge in [-0.15, -0.1) is 0 Å². The van der Waals surface area contributed by atoms with Crippen LogP contribution in [0.4, 0.5) is 5.69 Å². The van der Waals surface area contributed by atoms with Crippen LogP contribution >= 0.6 is 0 Å². The minimum absolute atomic E-state index is 0.0125. The Morgan fingerprint density at radius 2 is 1.81 bits per heavy atom. The third kappa shape index (κ3) is 3.36. The number of hydrogen-bond donors (Lipinski definition) is 0. The SMILES string of the molecule is CC(C)N(C(=O)CN1C(=O)C2CCCN2S(=O)(=O)c2ccccc21)C(C)C. The van der Waals surface area contributed by atoms with E-state index in [1.165, 1.54) is 15.3 Å². The first kappa shape index (κ1) is 19.8. The Kier molecular flexibility index (Phi) is 5.31. The molecule has 2 heterocycles. The Hall–Kier alpha value is -1.93. The Balaban J connectivity index is 2.06. The summed E-state index contributed by atoms with van der Waals surface area (Å²) in [4.78, 5) is 29.4. The van der Waals surface area contributed by atoms with Gasteiger partial charge in [-0.3, -0.25) is 9.59 Å². The summed E-state index contributed by atoms with van der Waals surface area (Å²) >= 11 is 0. The molecule has 0 bridgehead atoms. The zero-order valence-corrected chi connectivity index (χ0v) is 17.1. The first-order valence-corrected chi connectivity index (χ1v) is 10.8. The quantitative estimate of drug-likeness (QED) is 0.782. The van der Waals surface area contributed by atoms with Crippen LogP contribution in [-0.2, 0) is 19.6 Å². The van der Waals surface area contributed by atoms with Crippen molar-refractivity contribution < 1.29 is 18.0 Å². The maximum Gasteiger partial charge on any atom is 0.245 e. The molecule has 1 unspecified atom stereocenters. The minimum Gasteiger partial charge on any atom is -0.336 e. The molecule has 0 aromatic heterocycles. The van der Waals surface area contributed by atoms with Gasteiger partial charge in [-0.1, -0.05) is 12.1 Å². The predicted molar refractivity (Wildman–Crippen MR) is 103 cm³/mol. The zero-order valence-electron chi connectivity index (χ0n) is 16.3. The Labute approximate surface area is 161 Å². The van der Waals surface area contributed by atoms with Crippen molar-refractivity contribution in [2.24, 2.45) is 0 Å². The molecule has 7 nitrogen and oxygen atoms in total. The number of para-hydroxylation sites is 1. The molecule has 2 aliphatic heterocycles. The van der Waals surface area contributed by atoms with Crippen LogP contribution in [0.5, 0.6) is 0 Å². The summed E-state index contributed by atoms with van der Waals surface area (Å²) in [6, 6.07) is 5.70. The van der Waals surface area contributed by atoms with Gasteiger partial charge in [-0.2, -0.15) is 4.31 Å². The summed E-state index contributed by atoms with van der Waals surface area (Å²) in [5, 5.41) is 0. The molecule has 0 aliphatic carbocycles. The lowest BCUT2D eigenvalue weighted by molar-refractivity contribution is -0.135. The second kappa shape index (κ2) is 7.24.